The van der Waals surface area contributed by atoms with Crippen LogP contribution in [0.5, 0.6) is 0 Å². The fourth-order valence-corrected chi connectivity index (χ4v) is 4.96. The number of ether oxygens (including phenoxy) is 1. The lowest BCUT2D eigenvalue weighted by molar-refractivity contribution is -0.137. The number of nitrogens with zero attached hydrogens (tertiary/aromatic N) is 1. The van der Waals surface area contributed by atoms with Crippen molar-refractivity contribution in [2.75, 3.05) is 0 Å². The summed E-state index contributed by atoms with van der Waals surface area (Å²) in [6.45, 7) is 2.13. The predicted molar refractivity (Wildman–Crippen MR) is 157 cm³/mol. The molecular weight excluding hydrogens is 523 g/mol. The first-order chi connectivity index (χ1) is 19.9. The molecule has 0 unspecified atom stereocenters. The zero-order valence-electron chi connectivity index (χ0n) is 23.0. The number of unbranched alkanes of at least 4 members (excludes halogenated alkanes) is 2. The average Bonchev–Trinajstić information content (AvgIpc) is 3.01. The largest absolute Gasteiger partial charge is 0.416 e. The van der Waals surface area contributed by atoms with Gasteiger partial charge >= 0.3 is 6.18 Å². The van der Waals surface area contributed by atoms with Gasteiger partial charge in [-0.3, -0.25) is 0 Å². The summed E-state index contributed by atoms with van der Waals surface area (Å²) in [5, 5.41) is 13.2. The van der Waals surface area contributed by atoms with Crippen LogP contribution in [0, 0.1) is 0 Å². The summed E-state index contributed by atoms with van der Waals surface area (Å²) in [7, 11) is 0. The topological polar surface area (TPSA) is 41.8 Å². The van der Waals surface area contributed by atoms with Crippen molar-refractivity contribution in [2.24, 2.45) is 5.16 Å². The molecule has 4 aromatic rings. The highest BCUT2D eigenvalue weighted by atomic mass is 19.4. The van der Waals surface area contributed by atoms with E-state index in [0.717, 1.165) is 48.1 Å². The molecular formula is C35H34F3NO2. The molecule has 0 aliphatic rings. The SMILES string of the molecule is CCCCC[C@@H](/C=C/C(=N/O)c1ccc(C(F)(F)F)cc1)OC(c1ccccc1)(c1ccccc1)c1ccccc1. The van der Waals surface area contributed by atoms with Crippen LogP contribution in [0.2, 0.25) is 0 Å². The second-order valence-electron chi connectivity index (χ2n) is 9.85. The Hall–Kier alpha value is -4.16. The molecule has 1 N–H and O–H groups in total. The lowest BCUT2D eigenvalue weighted by atomic mass is 9.79. The molecule has 3 nitrogen and oxygen atoms in total. The van der Waals surface area contributed by atoms with Crippen LogP contribution in [0.15, 0.2) is 133 Å². The Labute approximate surface area is 239 Å². The smallest absolute Gasteiger partial charge is 0.410 e. The lowest BCUT2D eigenvalue weighted by Crippen LogP contribution is -2.36. The number of hydrogen-bond donors (Lipinski definition) is 1. The Morgan fingerprint density at radius 2 is 1.22 bits per heavy atom. The van der Waals surface area contributed by atoms with Crippen LogP contribution < -0.4 is 0 Å². The molecule has 4 aromatic carbocycles. The third kappa shape index (κ3) is 7.33. The van der Waals surface area contributed by atoms with E-state index in [0.29, 0.717) is 12.0 Å². The van der Waals surface area contributed by atoms with Gasteiger partial charge in [-0.25, -0.2) is 0 Å². The normalized spacial score (nSPS) is 13.4. The molecule has 0 spiro atoms. The number of hydrogen-bond acceptors (Lipinski definition) is 3. The first kappa shape index (κ1) is 29.8. The molecule has 0 aliphatic carbocycles. The summed E-state index contributed by atoms with van der Waals surface area (Å²) in [4.78, 5) is 0. The summed E-state index contributed by atoms with van der Waals surface area (Å²) in [5.74, 6) is 0. The summed E-state index contributed by atoms with van der Waals surface area (Å²) >= 11 is 0. The Morgan fingerprint density at radius 1 is 0.732 bits per heavy atom. The van der Waals surface area contributed by atoms with Crippen LogP contribution in [-0.4, -0.2) is 17.0 Å². The van der Waals surface area contributed by atoms with Crippen LogP contribution >= 0.6 is 0 Å². The van der Waals surface area contributed by atoms with E-state index < -0.39 is 23.4 Å². The number of alkyl halides is 3. The Morgan fingerprint density at radius 3 is 1.63 bits per heavy atom. The van der Waals surface area contributed by atoms with Gasteiger partial charge in [0.25, 0.3) is 0 Å². The number of rotatable bonds is 12. The quantitative estimate of drug-likeness (QED) is 0.0620. The van der Waals surface area contributed by atoms with E-state index in [1.165, 1.54) is 12.1 Å². The van der Waals surface area contributed by atoms with Crippen molar-refractivity contribution < 1.29 is 23.1 Å². The van der Waals surface area contributed by atoms with Crippen molar-refractivity contribution >= 4 is 5.71 Å². The molecule has 6 heteroatoms. The number of halogens is 3. The van der Waals surface area contributed by atoms with Gasteiger partial charge in [-0.05, 0) is 41.3 Å². The third-order valence-electron chi connectivity index (χ3n) is 7.05. The van der Waals surface area contributed by atoms with E-state index in [9.17, 15) is 18.4 Å². The van der Waals surface area contributed by atoms with Crippen molar-refractivity contribution in [3.63, 3.8) is 0 Å². The highest BCUT2D eigenvalue weighted by Crippen LogP contribution is 2.42. The molecule has 41 heavy (non-hydrogen) atoms. The molecule has 0 amide bonds. The molecule has 0 heterocycles. The summed E-state index contributed by atoms with van der Waals surface area (Å²) in [5.41, 5.74) is 1.69. The highest BCUT2D eigenvalue weighted by Gasteiger charge is 2.39. The maximum atomic E-state index is 13.1. The van der Waals surface area contributed by atoms with Crippen LogP contribution in [0.1, 0.15) is 60.4 Å². The van der Waals surface area contributed by atoms with Gasteiger partial charge in [0, 0.05) is 5.56 Å². The van der Waals surface area contributed by atoms with E-state index in [1.807, 2.05) is 60.7 Å². The second-order valence-corrected chi connectivity index (χ2v) is 9.85. The van der Waals surface area contributed by atoms with Crippen LogP contribution in [0.3, 0.4) is 0 Å². The fraction of sp³-hybridized carbons (Fsp3) is 0.229. The molecule has 0 saturated heterocycles. The van der Waals surface area contributed by atoms with Gasteiger partial charge in [0.1, 0.15) is 11.3 Å². The van der Waals surface area contributed by atoms with Crippen molar-refractivity contribution in [2.45, 2.75) is 50.5 Å². The predicted octanol–water partition coefficient (Wildman–Crippen LogP) is 9.40. The minimum atomic E-state index is -4.45. The standard InChI is InChI=1S/C35H34F3NO2/c1-2-3-7-20-32(25-26-33(39-40)27-21-23-31(24-22-27)35(36,37)38)41-34(28-14-8-4-9-15-28,29-16-10-5-11-17-29)30-18-12-6-13-19-30/h4-6,8-19,21-26,32,40H,2-3,7,20H2,1H3/b26-25+,39-33-/t32-/m0/s1. The molecule has 0 fully saturated rings. The van der Waals surface area contributed by atoms with Gasteiger partial charge in [0.05, 0.1) is 11.7 Å². The Kier molecular flexibility index (Phi) is 10.1. The third-order valence-corrected chi connectivity index (χ3v) is 7.05. The molecule has 0 aromatic heterocycles. The summed E-state index contributed by atoms with van der Waals surface area (Å²) in [6.07, 6.45) is 2.26. The van der Waals surface area contributed by atoms with Gasteiger partial charge in [0.15, 0.2) is 0 Å². The van der Waals surface area contributed by atoms with Crippen molar-refractivity contribution in [3.8, 4) is 0 Å². The van der Waals surface area contributed by atoms with E-state index >= 15 is 0 Å². The zero-order valence-corrected chi connectivity index (χ0v) is 23.0. The van der Waals surface area contributed by atoms with Crippen LogP contribution in [-0.2, 0) is 16.5 Å². The van der Waals surface area contributed by atoms with E-state index in [-0.39, 0.29) is 5.71 Å². The first-order valence-corrected chi connectivity index (χ1v) is 13.8. The highest BCUT2D eigenvalue weighted by molar-refractivity contribution is 6.08. The van der Waals surface area contributed by atoms with E-state index in [1.54, 1.807) is 6.08 Å². The van der Waals surface area contributed by atoms with E-state index in [2.05, 4.69) is 48.5 Å². The summed E-state index contributed by atoms with van der Waals surface area (Å²) in [6, 6.07) is 34.7. The summed E-state index contributed by atoms with van der Waals surface area (Å²) < 4.78 is 46.4. The molecule has 1 atom stereocenters. The molecule has 0 saturated carbocycles. The van der Waals surface area contributed by atoms with Crippen LogP contribution in [0.4, 0.5) is 13.2 Å². The van der Waals surface area contributed by atoms with Gasteiger partial charge in [0.2, 0.25) is 0 Å². The molecule has 0 radical (unpaired) electrons. The van der Waals surface area contributed by atoms with Gasteiger partial charge in [-0.2, -0.15) is 13.2 Å². The molecule has 4 rings (SSSR count). The number of oxime groups is 1. The van der Waals surface area contributed by atoms with Crippen molar-refractivity contribution in [3.05, 3.63) is 155 Å². The van der Waals surface area contributed by atoms with Crippen molar-refractivity contribution in [1.29, 1.82) is 0 Å². The maximum Gasteiger partial charge on any atom is 0.416 e. The number of benzene rings is 4. The Bertz CT molecular complexity index is 1300. The zero-order chi connectivity index (χ0) is 29.1. The molecule has 0 aliphatic heterocycles. The number of allylic oxidation sites excluding steroid dienone is 1. The maximum absolute atomic E-state index is 13.1. The van der Waals surface area contributed by atoms with Gasteiger partial charge in [-0.15, -0.1) is 0 Å². The monoisotopic (exact) mass is 557 g/mol. The second kappa shape index (κ2) is 14.0. The molecule has 212 valence electrons. The van der Waals surface area contributed by atoms with Gasteiger partial charge in [-0.1, -0.05) is 141 Å². The molecule has 0 bridgehead atoms. The minimum Gasteiger partial charge on any atom is -0.410 e. The lowest BCUT2D eigenvalue weighted by Gasteiger charge is -2.38. The first-order valence-electron chi connectivity index (χ1n) is 13.8. The fourth-order valence-electron chi connectivity index (χ4n) is 4.96. The van der Waals surface area contributed by atoms with Crippen LogP contribution in [0.25, 0.3) is 0 Å². The van der Waals surface area contributed by atoms with E-state index in [4.69, 9.17) is 4.74 Å². The Balaban J connectivity index is 1.77. The van der Waals surface area contributed by atoms with Gasteiger partial charge < -0.3 is 9.94 Å². The van der Waals surface area contributed by atoms with Crippen molar-refractivity contribution in [1.82, 2.24) is 0 Å². The minimum absolute atomic E-state index is 0.146. The average molecular weight is 558 g/mol.